The van der Waals surface area contributed by atoms with E-state index >= 15 is 0 Å². The maximum atomic E-state index is 10.6. The van der Waals surface area contributed by atoms with Crippen molar-refractivity contribution in [1.82, 2.24) is 5.16 Å². The quantitative estimate of drug-likeness (QED) is 0.626. The number of anilines is 1. The van der Waals surface area contributed by atoms with Crippen LogP contribution in [0.2, 0.25) is 0 Å². The van der Waals surface area contributed by atoms with Gasteiger partial charge in [0.25, 0.3) is 0 Å². The molecule has 1 saturated heterocycles. The molecule has 0 radical (unpaired) electrons. The van der Waals surface area contributed by atoms with Crippen LogP contribution in [0, 0.1) is 17.0 Å². The molecule has 3 rings (SSSR count). The SMILES string of the molecule is Cc1c(-c2ccc([N+](=O)[O-])o2)noc1N1CCOCC1. The molecule has 0 spiro atoms. The Balaban J connectivity index is 1.90. The Morgan fingerprint density at radius 2 is 2.10 bits per heavy atom. The second-order valence-electron chi connectivity index (χ2n) is 4.46. The molecule has 0 aliphatic carbocycles. The Bertz CT molecular complexity index is 627. The van der Waals surface area contributed by atoms with E-state index in [0.717, 1.165) is 18.7 Å². The fourth-order valence-corrected chi connectivity index (χ4v) is 2.17. The number of aromatic nitrogens is 1. The summed E-state index contributed by atoms with van der Waals surface area (Å²) in [5.41, 5.74) is 1.29. The number of nitrogens with zero attached hydrogens (tertiary/aromatic N) is 3. The highest BCUT2D eigenvalue weighted by atomic mass is 16.6. The van der Waals surface area contributed by atoms with E-state index in [9.17, 15) is 10.1 Å². The zero-order valence-corrected chi connectivity index (χ0v) is 10.9. The first-order valence-electron chi connectivity index (χ1n) is 6.20. The predicted octanol–water partition coefficient (Wildman–Crippen LogP) is 1.99. The van der Waals surface area contributed by atoms with Crippen LogP contribution in [0.1, 0.15) is 5.56 Å². The van der Waals surface area contributed by atoms with Crippen LogP contribution in [0.25, 0.3) is 11.5 Å². The standard InChI is InChI=1S/C12H13N3O5/c1-8-11(9-2-3-10(19-9)15(16)17)13-20-12(8)14-4-6-18-7-5-14/h2-3H,4-7H2,1H3. The second kappa shape index (κ2) is 4.97. The van der Waals surface area contributed by atoms with Gasteiger partial charge in [0.2, 0.25) is 5.88 Å². The Labute approximate surface area is 114 Å². The van der Waals surface area contributed by atoms with Crippen LogP contribution in [0.4, 0.5) is 11.8 Å². The summed E-state index contributed by atoms with van der Waals surface area (Å²) in [6, 6.07) is 2.82. The molecule has 0 saturated carbocycles. The van der Waals surface area contributed by atoms with Crippen LogP contribution in [-0.2, 0) is 4.74 Å². The number of hydrogen-bond donors (Lipinski definition) is 0. The van der Waals surface area contributed by atoms with Crippen molar-refractivity contribution in [3.05, 3.63) is 27.8 Å². The molecule has 2 aromatic heterocycles. The minimum absolute atomic E-state index is 0.310. The van der Waals surface area contributed by atoms with E-state index in [-0.39, 0.29) is 5.88 Å². The lowest BCUT2D eigenvalue weighted by molar-refractivity contribution is -0.401. The van der Waals surface area contributed by atoms with E-state index in [1.54, 1.807) is 0 Å². The van der Waals surface area contributed by atoms with Gasteiger partial charge >= 0.3 is 5.88 Å². The zero-order chi connectivity index (χ0) is 14.1. The molecule has 2 aromatic rings. The lowest BCUT2D eigenvalue weighted by Crippen LogP contribution is -2.36. The molecule has 8 nitrogen and oxygen atoms in total. The van der Waals surface area contributed by atoms with Crippen LogP contribution in [0.5, 0.6) is 0 Å². The average molecular weight is 279 g/mol. The van der Waals surface area contributed by atoms with Crippen molar-refractivity contribution in [2.24, 2.45) is 0 Å². The highest BCUT2D eigenvalue weighted by Gasteiger charge is 2.24. The summed E-state index contributed by atoms with van der Waals surface area (Å²) in [4.78, 5) is 12.1. The Morgan fingerprint density at radius 1 is 1.35 bits per heavy atom. The molecule has 0 bridgehead atoms. The van der Waals surface area contributed by atoms with Gasteiger partial charge in [-0.25, -0.2) is 0 Å². The van der Waals surface area contributed by atoms with Gasteiger partial charge in [-0.15, -0.1) is 0 Å². The number of hydrogen-bond acceptors (Lipinski definition) is 7. The van der Waals surface area contributed by atoms with E-state index in [1.165, 1.54) is 12.1 Å². The minimum Gasteiger partial charge on any atom is -0.399 e. The lowest BCUT2D eigenvalue weighted by atomic mass is 10.2. The van der Waals surface area contributed by atoms with Gasteiger partial charge in [-0.2, -0.15) is 0 Å². The van der Waals surface area contributed by atoms with Crippen molar-refractivity contribution < 1.29 is 18.6 Å². The third kappa shape index (κ3) is 2.14. The predicted molar refractivity (Wildman–Crippen MR) is 68.6 cm³/mol. The molecule has 0 amide bonds. The van der Waals surface area contributed by atoms with Gasteiger partial charge in [0, 0.05) is 18.7 Å². The largest absolute Gasteiger partial charge is 0.433 e. The number of furan rings is 1. The third-order valence-corrected chi connectivity index (χ3v) is 3.20. The van der Waals surface area contributed by atoms with E-state index in [4.69, 9.17) is 13.7 Å². The first-order chi connectivity index (χ1) is 9.66. The summed E-state index contributed by atoms with van der Waals surface area (Å²) in [5.74, 6) is 0.676. The van der Waals surface area contributed by atoms with Crippen LogP contribution in [-0.4, -0.2) is 36.4 Å². The molecule has 0 atom stereocenters. The second-order valence-corrected chi connectivity index (χ2v) is 4.46. The van der Waals surface area contributed by atoms with Gasteiger partial charge in [-0.05, 0) is 13.0 Å². The first kappa shape index (κ1) is 12.7. The molecule has 1 aliphatic heterocycles. The fraction of sp³-hybridized carbons (Fsp3) is 0.417. The topological polar surface area (TPSA) is 94.8 Å². The highest BCUT2D eigenvalue weighted by Crippen LogP contribution is 2.33. The van der Waals surface area contributed by atoms with Gasteiger partial charge < -0.3 is 18.6 Å². The lowest BCUT2D eigenvalue weighted by Gasteiger charge is -2.26. The van der Waals surface area contributed by atoms with Gasteiger partial charge in [0.05, 0.1) is 19.3 Å². The molecule has 1 aliphatic rings. The number of nitro groups is 1. The van der Waals surface area contributed by atoms with Crippen molar-refractivity contribution in [3.8, 4) is 11.5 Å². The smallest absolute Gasteiger partial charge is 0.399 e. The number of rotatable bonds is 3. The Hall–Kier alpha value is -2.35. The van der Waals surface area contributed by atoms with E-state index in [1.807, 2.05) is 11.8 Å². The maximum Gasteiger partial charge on any atom is 0.433 e. The number of morpholine rings is 1. The summed E-state index contributed by atoms with van der Waals surface area (Å²) < 4.78 is 15.8. The van der Waals surface area contributed by atoms with Crippen LogP contribution in [0.3, 0.4) is 0 Å². The third-order valence-electron chi connectivity index (χ3n) is 3.20. The molecule has 3 heterocycles. The minimum atomic E-state index is -0.582. The molecular formula is C12H13N3O5. The summed E-state index contributed by atoms with van der Waals surface area (Å²) in [6.45, 7) is 4.59. The molecular weight excluding hydrogens is 266 g/mol. The van der Waals surface area contributed by atoms with Crippen molar-refractivity contribution in [1.29, 1.82) is 0 Å². The van der Waals surface area contributed by atoms with Crippen LogP contribution >= 0.6 is 0 Å². The molecule has 20 heavy (non-hydrogen) atoms. The fourth-order valence-electron chi connectivity index (χ4n) is 2.17. The van der Waals surface area contributed by atoms with Gasteiger partial charge in [-0.3, -0.25) is 10.1 Å². The summed E-state index contributed by atoms with van der Waals surface area (Å²) in [7, 11) is 0. The van der Waals surface area contributed by atoms with Gasteiger partial charge in [0.15, 0.2) is 11.5 Å². The first-order valence-corrected chi connectivity index (χ1v) is 6.20. The van der Waals surface area contributed by atoms with Crippen molar-refractivity contribution >= 4 is 11.8 Å². The summed E-state index contributed by atoms with van der Waals surface area (Å²) in [5, 5.41) is 14.6. The van der Waals surface area contributed by atoms with Gasteiger partial charge in [-0.1, -0.05) is 5.16 Å². The molecule has 0 N–H and O–H groups in total. The van der Waals surface area contributed by atoms with Crippen molar-refractivity contribution in [3.63, 3.8) is 0 Å². The molecule has 106 valence electrons. The van der Waals surface area contributed by atoms with E-state index < -0.39 is 4.92 Å². The molecule has 1 fully saturated rings. The van der Waals surface area contributed by atoms with Crippen molar-refractivity contribution in [2.45, 2.75) is 6.92 Å². The normalized spacial score (nSPS) is 15.6. The Kier molecular flexibility index (Phi) is 3.15. The van der Waals surface area contributed by atoms with E-state index in [2.05, 4.69) is 5.16 Å². The van der Waals surface area contributed by atoms with Crippen molar-refractivity contribution in [2.75, 3.05) is 31.2 Å². The number of ether oxygens (including phenoxy) is 1. The van der Waals surface area contributed by atoms with Crippen LogP contribution < -0.4 is 4.90 Å². The van der Waals surface area contributed by atoms with Gasteiger partial charge in [0.1, 0.15) is 4.92 Å². The summed E-state index contributed by atoms with van der Waals surface area (Å²) in [6.07, 6.45) is 0. The Morgan fingerprint density at radius 3 is 2.75 bits per heavy atom. The maximum absolute atomic E-state index is 10.6. The summed E-state index contributed by atoms with van der Waals surface area (Å²) >= 11 is 0. The molecule has 0 unspecified atom stereocenters. The monoisotopic (exact) mass is 279 g/mol. The van der Waals surface area contributed by atoms with Crippen LogP contribution in [0.15, 0.2) is 21.1 Å². The average Bonchev–Trinajstić information content (AvgIpc) is 3.06. The molecule has 0 aromatic carbocycles. The molecule has 8 heteroatoms. The van der Waals surface area contributed by atoms with E-state index in [0.29, 0.717) is 30.6 Å². The highest BCUT2D eigenvalue weighted by molar-refractivity contribution is 5.64. The zero-order valence-electron chi connectivity index (χ0n) is 10.9.